The highest BCUT2D eigenvalue weighted by Crippen LogP contribution is 2.35. The molecular formula is C17H29N5O2. The maximum atomic E-state index is 12.3. The SMILES string of the molecule is CCN(Cc1noc(C2CCC2)n1)C(=O)NCCCN1CCCC1. The molecule has 1 N–H and O–H groups in total. The first-order chi connectivity index (χ1) is 11.8. The molecule has 3 rings (SSSR count). The number of nitrogens with one attached hydrogen (secondary N) is 1. The van der Waals surface area contributed by atoms with Gasteiger partial charge >= 0.3 is 6.03 Å². The van der Waals surface area contributed by atoms with E-state index >= 15 is 0 Å². The van der Waals surface area contributed by atoms with E-state index in [2.05, 4.69) is 20.4 Å². The zero-order valence-electron chi connectivity index (χ0n) is 14.7. The molecule has 0 bridgehead atoms. The van der Waals surface area contributed by atoms with Crippen LogP contribution in [0.5, 0.6) is 0 Å². The summed E-state index contributed by atoms with van der Waals surface area (Å²) in [5.41, 5.74) is 0. The Hall–Kier alpha value is -1.63. The van der Waals surface area contributed by atoms with Gasteiger partial charge in [0.1, 0.15) is 0 Å². The first-order valence-corrected chi connectivity index (χ1v) is 9.34. The molecule has 1 saturated carbocycles. The average Bonchev–Trinajstić information content (AvgIpc) is 3.19. The van der Waals surface area contributed by atoms with Crippen molar-refractivity contribution in [2.75, 3.05) is 32.7 Å². The van der Waals surface area contributed by atoms with Crippen LogP contribution in [0.1, 0.15) is 63.1 Å². The standard InChI is InChI=1S/C17H29N5O2/c1-2-22(13-15-19-16(24-20-15)14-7-5-8-14)17(23)18-9-6-12-21-10-3-4-11-21/h14H,2-13H2,1H3,(H,18,23). The molecule has 134 valence electrons. The van der Waals surface area contributed by atoms with E-state index in [1.807, 2.05) is 6.92 Å². The summed E-state index contributed by atoms with van der Waals surface area (Å²) in [6.07, 6.45) is 7.13. The molecule has 0 radical (unpaired) electrons. The van der Waals surface area contributed by atoms with Crippen molar-refractivity contribution in [1.29, 1.82) is 0 Å². The Morgan fingerprint density at radius 1 is 1.33 bits per heavy atom. The van der Waals surface area contributed by atoms with E-state index in [9.17, 15) is 4.79 Å². The van der Waals surface area contributed by atoms with Crippen molar-refractivity contribution in [3.05, 3.63) is 11.7 Å². The molecule has 1 aliphatic heterocycles. The molecule has 0 aromatic carbocycles. The van der Waals surface area contributed by atoms with Gasteiger partial charge in [-0.15, -0.1) is 0 Å². The number of likely N-dealkylation sites (tertiary alicyclic amines) is 1. The Kier molecular flexibility index (Phi) is 6.07. The fourth-order valence-corrected chi connectivity index (χ4v) is 3.27. The van der Waals surface area contributed by atoms with Gasteiger partial charge in [-0.1, -0.05) is 11.6 Å². The van der Waals surface area contributed by atoms with Crippen LogP contribution in [0.2, 0.25) is 0 Å². The highest BCUT2D eigenvalue weighted by Gasteiger charge is 2.26. The van der Waals surface area contributed by atoms with Crippen molar-refractivity contribution < 1.29 is 9.32 Å². The number of hydrogen-bond donors (Lipinski definition) is 1. The number of urea groups is 1. The normalized spacial score (nSPS) is 18.5. The number of nitrogens with zero attached hydrogens (tertiary/aromatic N) is 4. The largest absolute Gasteiger partial charge is 0.339 e. The summed E-state index contributed by atoms with van der Waals surface area (Å²) in [5, 5.41) is 7.03. The second-order valence-electron chi connectivity index (χ2n) is 6.83. The van der Waals surface area contributed by atoms with Crippen LogP contribution in [0.4, 0.5) is 4.79 Å². The Morgan fingerprint density at radius 2 is 2.12 bits per heavy atom. The molecule has 2 heterocycles. The molecule has 1 saturated heterocycles. The molecular weight excluding hydrogens is 306 g/mol. The fraction of sp³-hybridized carbons (Fsp3) is 0.824. The first kappa shape index (κ1) is 17.2. The summed E-state index contributed by atoms with van der Waals surface area (Å²) in [5.74, 6) is 1.77. The molecule has 1 aliphatic carbocycles. The lowest BCUT2D eigenvalue weighted by molar-refractivity contribution is 0.195. The zero-order chi connectivity index (χ0) is 16.8. The Balaban J connectivity index is 1.39. The monoisotopic (exact) mass is 335 g/mol. The van der Waals surface area contributed by atoms with Crippen molar-refractivity contribution in [1.82, 2.24) is 25.3 Å². The molecule has 24 heavy (non-hydrogen) atoms. The highest BCUT2D eigenvalue weighted by molar-refractivity contribution is 5.73. The first-order valence-electron chi connectivity index (χ1n) is 9.34. The zero-order valence-corrected chi connectivity index (χ0v) is 14.7. The number of carbonyl (C=O) groups is 1. The van der Waals surface area contributed by atoms with Crippen molar-refractivity contribution in [2.24, 2.45) is 0 Å². The average molecular weight is 335 g/mol. The van der Waals surface area contributed by atoms with Crippen LogP contribution in [-0.2, 0) is 6.54 Å². The maximum Gasteiger partial charge on any atom is 0.317 e. The van der Waals surface area contributed by atoms with Gasteiger partial charge in [0.25, 0.3) is 0 Å². The molecule has 2 fully saturated rings. The minimum atomic E-state index is -0.0473. The third-order valence-electron chi connectivity index (χ3n) is 5.07. The van der Waals surface area contributed by atoms with Gasteiger partial charge in [0.05, 0.1) is 6.54 Å². The minimum Gasteiger partial charge on any atom is -0.339 e. The summed E-state index contributed by atoms with van der Waals surface area (Å²) in [6.45, 7) is 7.20. The predicted molar refractivity (Wildman–Crippen MR) is 90.7 cm³/mol. The smallest absolute Gasteiger partial charge is 0.317 e. The van der Waals surface area contributed by atoms with Crippen LogP contribution >= 0.6 is 0 Å². The van der Waals surface area contributed by atoms with E-state index in [0.29, 0.717) is 31.4 Å². The number of aromatic nitrogens is 2. The van der Waals surface area contributed by atoms with E-state index < -0.39 is 0 Å². The molecule has 1 aromatic rings. The maximum absolute atomic E-state index is 12.3. The summed E-state index contributed by atoms with van der Waals surface area (Å²) < 4.78 is 5.32. The predicted octanol–water partition coefficient (Wildman–Crippen LogP) is 2.35. The molecule has 2 aliphatic rings. The van der Waals surface area contributed by atoms with E-state index in [0.717, 1.165) is 31.7 Å². The third kappa shape index (κ3) is 4.47. The van der Waals surface area contributed by atoms with Gasteiger partial charge in [-0.2, -0.15) is 4.98 Å². The molecule has 2 amide bonds. The summed E-state index contributed by atoms with van der Waals surface area (Å²) in [6, 6.07) is -0.0473. The molecule has 1 aromatic heterocycles. The van der Waals surface area contributed by atoms with Crippen LogP contribution in [0.3, 0.4) is 0 Å². The second-order valence-corrected chi connectivity index (χ2v) is 6.83. The van der Waals surface area contributed by atoms with Crippen LogP contribution in [0.25, 0.3) is 0 Å². The van der Waals surface area contributed by atoms with E-state index in [1.165, 1.54) is 32.4 Å². The molecule has 0 unspecified atom stereocenters. The quantitative estimate of drug-likeness (QED) is 0.738. The lowest BCUT2D eigenvalue weighted by atomic mass is 9.85. The number of carbonyl (C=O) groups excluding carboxylic acids is 1. The Bertz CT molecular complexity index is 523. The Morgan fingerprint density at radius 3 is 2.79 bits per heavy atom. The minimum absolute atomic E-state index is 0.0473. The van der Waals surface area contributed by atoms with Crippen LogP contribution in [0.15, 0.2) is 4.52 Å². The van der Waals surface area contributed by atoms with Crippen molar-refractivity contribution >= 4 is 6.03 Å². The van der Waals surface area contributed by atoms with Gasteiger partial charge in [0.2, 0.25) is 5.89 Å². The topological polar surface area (TPSA) is 74.5 Å². The second kappa shape index (κ2) is 8.46. The molecule has 7 nitrogen and oxygen atoms in total. The van der Waals surface area contributed by atoms with Gasteiger partial charge < -0.3 is 19.6 Å². The van der Waals surface area contributed by atoms with Crippen LogP contribution in [0, 0.1) is 0 Å². The summed E-state index contributed by atoms with van der Waals surface area (Å²) >= 11 is 0. The molecule has 7 heteroatoms. The van der Waals surface area contributed by atoms with Gasteiger partial charge in [-0.3, -0.25) is 0 Å². The lowest BCUT2D eigenvalue weighted by Gasteiger charge is -2.21. The molecule has 0 atom stereocenters. The van der Waals surface area contributed by atoms with Gasteiger partial charge in [0.15, 0.2) is 5.82 Å². The number of rotatable bonds is 8. The number of hydrogen-bond acceptors (Lipinski definition) is 5. The van der Waals surface area contributed by atoms with E-state index in [1.54, 1.807) is 4.90 Å². The molecule has 0 spiro atoms. The van der Waals surface area contributed by atoms with Crippen LogP contribution in [-0.4, -0.2) is 58.7 Å². The highest BCUT2D eigenvalue weighted by atomic mass is 16.5. The van der Waals surface area contributed by atoms with Gasteiger partial charge in [-0.25, -0.2) is 4.79 Å². The lowest BCUT2D eigenvalue weighted by Crippen LogP contribution is -2.40. The Labute approximate surface area is 143 Å². The van der Waals surface area contributed by atoms with Gasteiger partial charge in [-0.05, 0) is 58.7 Å². The fourth-order valence-electron chi connectivity index (χ4n) is 3.27. The van der Waals surface area contributed by atoms with Crippen LogP contribution < -0.4 is 5.32 Å². The van der Waals surface area contributed by atoms with Crippen molar-refractivity contribution in [3.8, 4) is 0 Å². The van der Waals surface area contributed by atoms with E-state index in [4.69, 9.17) is 4.52 Å². The summed E-state index contributed by atoms with van der Waals surface area (Å²) in [7, 11) is 0. The summed E-state index contributed by atoms with van der Waals surface area (Å²) in [4.78, 5) is 20.9. The van der Waals surface area contributed by atoms with Crippen molar-refractivity contribution in [2.45, 2.75) is 57.9 Å². The number of amides is 2. The van der Waals surface area contributed by atoms with E-state index in [-0.39, 0.29) is 6.03 Å². The van der Waals surface area contributed by atoms with Gasteiger partial charge in [0, 0.05) is 19.0 Å². The van der Waals surface area contributed by atoms with Crippen molar-refractivity contribution in [3.63, 3.8) is 0 Å². The third-order valence-corrected chi connectivity index (χ3v) is 5.07.